The number of nitrogen functional groups attached to an aromatic ring is 1. The average Bonchev–Trinajstić information content (AvgIpc) is 2.33. The summed E-state index contributed by atoms with van der Waals surface area (Å²) < 4.78 is 13.5. The molecule has 6 heteroatoms. The van der Waals surface area contributed by atoms with Crippen molar-refractivity contribution in [2.45, 2.75) is 18.9 Å². The molecule has 0 aromatic heterocycles. The molecule has 4 nitrogen and oxygen atoms in total. The Morgan fingerprint density at radius 3 is 2.47 bits per heavy atom. The van der Waals surface area contributed by atoms with E-state index in [0.29, 0.717) is 12.1 Å². The summed E-state index contributed by atoms with van der Waals surface area (Å²) in [4.78, 5) is 0. The lowest BCUT2D eigenvalue weighted by molar-refractivity contribution is 0.132. The number of nitrogens with two attached hydrogens (primary N) is 1. The van der Waals surface area contributed by atoms with Gasteiger partial charge in [0.1, 0.15) is 5.82 Å². The standard InChI is InChI=1S/C11H16BrFN2O2/c1-2-11(5-16,6-17)15-10-3-7(12)8(13)4-9(10)14/h3-4,15-17H,2,5-6,14H2,1H3. The Kier molecular flexibility index (Phi) is 4.73. The summed E-state index contributed by atoms with van der Waals surface area (Å²) in [6, 6.07) is 2.67. The summed E-state index contributed by atoms with van der Waals surface area (Å²) in [5.41, 5.74) is 5.52. The van der Waals surface area contributed by atoms with Gasteiger partial charge in [0, 0.05) is 6.07 Å². The quantitative estimate of drug-likeness (QED) is 0.625. The van der Waals surface area contributed by atoms with Crippen LogP contribution in [0.1, 0.15) is 13.3 Å². The Bertz CT molecular complexity index is 389. The largest absolute Gasteiger partial charge is 0.397 e. The van der Waals surface area contributed by atoms with Crippen LogP contribution in [0.15, 0.2) is 16.6 Å². The zero-order valence-electron chi connectivity index (χ0n) is 9.50. The lowest BCUT2D eigenvalue weighted by atomic mass is 9.98. The van der Waals surface area contributed by atoms with Crippen LogP contribution in [0.4, 0.5) is 15.8 Å². The van der Waals surface area contributed by atoms with Crippen LogP contribution in [0.2, 0.25) is 0 Å². The Balaban J connectivity index is 3.05. The van der Waals surface area contributed by atoms with Crippen molar-refractivity contribution >= 4 is 27.3 Å². The van der Waals surface area contributed by atoms with Crippen molar-refractivity contribution < 1.29 is 14.6 Å². The minimum absolute atomic E-state index is 0.227. The smallest absolute Gasteiger partial charge is 0.139 e. The van der Waals surface area contributed by atoms with E-state index < -0.39 is 11.4 Å². The first-order valence-electron chi connectivity index (χ1n) is 5.22. The van der Waals surface area contributed by atoms with Gasteiger partial charge in [0.25, 0.3) is 0 Å². The average molecular weight is 307 g/mol. The van der Waals surface area contributed by atoms with E-state index >= 15 is 0 Å². The molecular weight excluding hydrogens is 291 g/mol. The summed E-state index contributed by atoms with van der Waals surface area (Å²) in [6.07, 6.45) is 0.508. The first-order chi connectivity index (χ1) is 7.98. The maximum atomic E-state index is 13.2. The Morgan fingerprint density at radius 2 is 2.00 bits per heavy atom. The Labute approximate surface area is 108 Å². The molecule has 0 heterocycles. The molecule has 0 amide bonds. The summed E-state index contributed by atoms with van der Waals surface area (Å²) in [5.74, 6) is -0.455. The number of benzene rings is 1. The van der Waals surface area contributed by atoms with E-state index in [1.807, 2.05) is 6.92 Å². The van der Waals surface area contributed by atoms with Gasteiger partial charge in [-0.1, -0.05) is 6.92 Å². The van der Waals surface area contributed by atoms with Gasteiger partial charge in [-0.2, -0.15) is 0 Å². The molecule has 1 aromatic carbocycles. The van der Waals surface area contributed by atoms with Gasteiger partial charge in [-0.15, -0.1) is 0 Å². The summed E-state index contributed by atoms with van der Waals surface area (Å²) in [5, 5.41) is 21.6. The third-order valence-electron chi connectivity index (χ3n) is 2.77. The predicted octanol–water partition coefficient (Wildman–Crippen LogP) is 1.72. The molecular formula is C11H16BrFN2O2. The summed E-state index contributed by atoms with van der Waals surface area (Å²) in [7, 11) is 0. The fraction of sp³-hybridized carbons (Fsp3) is 0.455. The number of anilines is 2. The van der Waals surface area contributed by atoms with Crippen molar-refractivity contribution in [3.63, 3.8) is 0 Å². The van der Waals surface area contributed by atoms with E-state index in [-0.39, 0.29) is 23.4 Å². The van der Waals surface area contributed by atoms with Crippen molar-refractivity contribution in [3.05, 3.63) is 22.4 Å². The van der Waals surface area contributed by atoms with Gasteiger partial charge in [-0.3, -0.25) is 0 Å². The second kappa shape index (κ2) is 5.66. The molecule has 1 rings (SSSR count). The van der Waals surface area contributed by atoms with Crippen LogP contribution in [0, 0.1) is 5.82 Å². The van der Waals surface area contributed by atoms with Crippen molar-refractivity contribution in [1.82, 2.24) is 0 Å². The van der Waals surface area contributed by atoms with Gasteiger partial charge in [-0.05, 0) is 28.4 Å². The van der Waals surface area contributed by atoms with Crippen molar-refractivity contribution in [1.29, 1.82) is 0 Å². The minimum Gasteiger partial charge on any atom is -0.397 e. The Morgan fingerprint density at radius 1 is 1.41 bits per heavy atom. The summed E-state index contributed by atoms with van der Waals surface area (Å²) >= 11 is 3.06. The molecule has 1 aromatic rings. The van der Waals surface area contributed by atoms with Crippen LogP contribution in [-0.2, 0) is 0 Å². The zero-order chi connectivity index (χ0) is 13.1. The number of aliphatic hydroxyl groups is 2. The molecule has 0 spiro atoms. The Hall–Kier alpha value is -0.850. The van der Waals surface area contributed by atoms with E-state index in [9.17, 15) is 14.6 Å². The first-order valence-corrected chi connectivity index (χ1v) is 6.01. The van der Waals surface area contributed by atoms with E-state index in [4.69, 9.17) is 5.73 Å². The van der Waals surface area contributed by atoms with E-state index in [2.05, 4.69) is 21.2 Å². The molecule has 0 aliphatic carbocycles. The topological polar surface area (TPSA) is 78.5 Å². The second-order valence-electron chi connectivity index (χ2n) is 3.93. The van der Waals surface area contributed by atoms with Gasteiger partial charge >= 0.3 is 0 Å². The number of halogens is 2. The van der Waals surface area contributed by atoms with Crippen molar-refractivity contribution in [3.8, 4) is 0 Å². The number of hydrogen-bond acceptors (Lipinski definition) is 4. The predicted molar refractivity (Wildman–Crippen MR) is 69.3 cm³/mol. The highest BCUT2D eigenvalue weighted by atomic mass is 79.9. The van der Waals surface area contributed by atoms with E-state index in [0.717, 1.165) is 0 Å². The number of nitrogens with one attached hydrogen (secondary N) is 1. The maximum absolute atomic E-state index is 13.2. The molecule has 0 atom stereocenters. The number of aliphatic hydroxyl groups excluding tert-OH is 2. The highest BCUT2D eigenvalue weighted by Gasteiger charge is 2.27. The summed E-state index contributed by atoms with van der Waals surface area (Å²) in [6.45, 7) is 1.34. The number of rotatable bonds is 5. The number of hydrogen-bond donors (Lipinski definition) is 4. The van der Waals surface area contributed by atoms with Crippen LogP contribution < -0.4 is 11.1 Å². The molecule has 0 aliphatic rings. The second-order valence-corrected chi connectivity index (χ2v) is 4.78. The third-order valence-corrected chi connectivity index (χ3v) is 3.38. The van der Waals surface area contributed by atoms with Crippen molar-refractivity contribution in [2.75, 3.05) is 24.3 Å². The van der Waals surface area contributed by atoms with Gasteiger partial charge in [0.15, 0.2) is 0 Å². The fourth-order valence-electron chi connectivity index (χ4n) is 1.40. The molecule has 96 valence electrons. The normalized spacial score (nSPS) is 11.6. The molecule has 0 saturated heterocycles. The molecule has 0 radical (unpaired) electrons. The molecule has 17 heavy (non-hydrogen) atoms. The lowest BCUT2D eigenvalue weighted by Gasteiger charge is -2.31. The first kappa shape index (κ1) is 14.2. The monoisotopic (exact) mass is 306 g/mol. The van der Waals surface area contributed by atoms with Gasteiger partial charge in [-0.25, -0.2) is 4.39 Å². The van der Waals surface area contributed by atoms with Gasteiger partial charge in [0.05, 0.1) is 34.6 Å². The maximum Gasteiger partial charge on any atom is 0.139 e. The molecule has 0 saturated carbocycles. The van der Waals surface area contributed by atoms with Crippen LogP contribution >= 0.6 is 15.9 Å². The van der Waals surface area contributed by atoms with Gasteiger partial charge < -0.3 is 21.3 Å². The third kappa shape index (κ3) is 3.08. The lowest BCUT2D eigenvalue weighted by Crippen LogP contribution is -2.45. The van der Waals surface area contributed by atoms with Crippen LogP contribution in [0.25, 0.3) is 0 Å². The molecule has 0 unspecified atom stereocenters. The highest BCUT2D eigenvalue weighted by molar-refractivity contribution is 9.10. The minimum atomic E-state index is -0.856. The van der Waals surface area contributed by atoms with Crippen LogP contribution in [0.5, 0.6) is 0 Å². The van der Waals surface area contributed by atoms with Crippen molar-refractivity contribution in [2.24, 2.45) is 0 Å². The fourth-order valence-corrected chi connectivity index (χ4v) is 1.74. The highest BCUT2D eigenvalue weighted by Crippen LogP contribution is 2.29. The molecule has 0 fully saturated rings. The van der Waals surface area contributed by atoms with Crippen LogP contribution in [-0.4, -0.2) is 29.0 Å². The van der Waals surface area contributed by atoms with Gasteiger partial charge in [0.2, 0.25) is 0 Å². The van der Waals surface area contributed by atoms with E-state index in [1.54, 1.807) is 0 Å². The van der Waals surface area contributed by atoms with E-state index in [1.165, 1.54) is 12.1 Å². The molecule has 5 N–H and O–H groups in total. The van der Waals surface area contributed by atoms with Crippen LogP contribution in [0.3, 0.4) is 0 Å². The molecule has 0 aliphatic heterocycles. The zero-order valence-corrected chi connectivity index (χ0v) is 11.1. The molecule has 0 bridgehead atoms. The SMILES string of the molecule is CCC(CO)(CO)Nc1cc(Br)c(F)cc1N.